The van der Waals surface area contributed by atoms with Gasteiger partial charge in [-0.1, -0.05) is 15.9 Å². The number of benzene rings is 1. The van der Waals surface area contributed by atoms with E-state index in [0.717, 1.165) is 22.9 Å². The van der Waals surface area contributed by atoms with Gasteiger partial charge in [-0.05, 0) is 50.5 Å². The molecule has 0 saturated carbocycles. The molecule has 0 spiro atoms. The van der Waals surface area contributed by atoms with Crippen molar-refractivity contribution in [2.75, 3.05) is 6.54 Å². The molecule has 2 unspecified atom stereocenters. The fourth-order valence-corrected chi connectivity index (χ4v) is 3.26. The van der Waals surface area contributed by atoms with Gasteiger partial charge >= 0.3 is 0 Å². The highest BCUT2D eigenvalue weighted by atomic mass is 79.9. The molecule has 2 atom stereocenters. The van der Waals surface area contributed by atoms with Gasteiger partial charge < -0.3 is 10.6 Å². The molecule has 0 aliphatic carbocycles. The molecule has 1 aromatic rings. The second kappa shape index (κ2) is 5.95. The Labute approximate surface area is 127 Å². The Hall–Kier alpha value is -1.36. The molecule has 5 heteroatoms. The number of piperidine rings is 1. The van der Waals surface area contributed by atoms with Crippen molar-refractivity contribution in [3.8, 4) is 0 Å². The van der Waals surface area contributed by atoms with Crippen molar-refractivity contribution >= 4 is 27.7 Å². The molecule has 108 valence electrons. The van der Waals surface area contributed by atoms with Gasteiger partial charge in [-0.15, -0.1) is 0 Å². The molecule has 1 aromatic carbocycles. The summed E-state index contributed by atoms with van der Waals surface area (Å²) < 4.78 is 0.886. The molecule has 0 aromatic heterocycles. The summed E-state index contributed by atoms with van der Waals surface area (Å²) in [6, 6.07) is 5.78. The van der Waals surface area contributed by atoms with Crippen molar-refractivity contribution in [1.82, 2.24) is 4.90 Å². The van der Waals surface area contributed by atoms with E-state index in [1.54, 1.807) is 4.90 Å². The van der Waals surface area contributed by atoms with Gasteiger partial charge in [-0.25, -0.2) is 0 Å². The maximum absolute atomic E-state index is 12.6. The zero-order valence-electron chi connectivity index (χ0n) is 11.7. The molecule has 2 N–H and O–H groups in total. The van der Waals surface area contributed by atoms with E-state index in [4.69, 9.17) is 5.73 Å². The number of hydrogen-bond acceptors (Lipinski definition) is 2. The Morgan fingerprint density at radius 2 is 2.00 bits per heavy atom. The van der Waals surface area contributed by atoms with Crippen LogP contribution >= 0.6 is 15.9 Å². The molecule has 4 nitrogen and oxygen atoms in total. The minimum Gasteiger partial charge on any atom is -0.369 e. The van der Waals surface area contributed by atoms with Gasteiger partial charge in [-0.3, -0.25) is 9.59 Å². The number of halogens is 1. The van der Waals surface area contributed by atoms with E-state index < -0.39 is 0 Å². The van der Waals surface area contributed by atoms with E-state index in [2.05, 4.69) is 15.9 Å². The minimum absolute atomic E-state index is 0.0344. The van der Waals surface area contributed by atoms with Crippen LogP contribution in [0.15, 0.2) is 22.7 Å². The molecule has 1 saturated heterocycles. The predicted octanol–water partition coefficient (Wildman–Crippen LogP) is 2.48. The van der Waals surface area contributed by atoms with Crippen molar-refractivity contribution < 1.29 is 9.59 Å². The second-order valence-corrected chi connectivity index (χ2v) is 6.42. The van der Waals surface area contributed by atoms with Crippen molar-refractivity contribution in [2.24, 2.45) is 11.7 Å². The summed E-state index contributed by atoms with van der Waals surface area (Å²) in [6.45, 7) is 4.38. The van der Waals surface area contributed by atoms with Gasteiger partial charge in [0.1, 0.15) is 0 Å². The normalized spacial score (nSPS) is 22.6. The van der Waals surface area contributed by atoms with Crippen molar-refractivity contribution in [2.45, 2.75) is 32.7 Å². The Kier molecular flexibility index (Phi) is 4.48. The quantitative estimate of drug-likeness (QED) is 0.900. The summed E-state index contributed by atoms with van der Waals surface area (Å²) >= 11 is 3.41. The lowest BCUT2D eigenvalue weighted by atomic mass is 9.92. The van der Waals surface area contributed by atoms with Crippen LogP contribution in [-0.4, -0.2) is 29.3 Å². The molecule has 1 aliphatic rings. The van der Waals surface area contributed by atoms with Crippen LogP contribution in [0.4, 0.5) is 0 Å². The Balaban J connectivity index is 2.24. The van der Waals surface area contributed by atoms with E-state index in [0.29, 0.717) is 12.1 Å². The second-order valence-electron chi connectivity index (χ2n) is 5.50. The molecule has 0 bridgehead atoms. The highest BCUT2D eigenvalue weighted by Crippen LogP contribution is 2.25. The molecular weight excluding hydrogens is 320 g/mol. The monoisotopic (exact) mass is 338 g/mol. The fourth-order valence-electron chi connectivity index (χ4n) is 2.65. The third-order valence-electron chi connectivity index (χ3n) is 3.83. The van der Waals surface area contributed by atoms with Gasteiger partial charge in [-0.2, -0.15) is 0 Å². The summed E-state index contributed by atoms with van der Waals surface area (Å²) in [5, 5.41) is 0. The number of amides is 2. The lowest BCUT2D eigenvalue weighted by molar-refractivity contribution is -0.123. The highest BCUT2D eigenvalue weighted by molar-refractivity contribution is 9.10. The van der Waals surface area contributed by atoms with Gasteiger partial charge in [0.2, 0.25) is 5.91 Å². The third-order valence-corrected chi connectivity index (χ3v) is 4.29. The summed E-state index contributed by atoms with van der Waals surface area (Å²) in [7, 11) is 0. The molecule has 2 rings (SSSR count). The first kappa shape index (κ1) is 15.0. The average molecular weight is 339 g/mol. The zero-order valence-corrected chi connectivity index (χ0v) is 13.3. The molecule has 20 heavy (non-hydrogen) atoms. The number of hydrogen-bond donors (Lipinski definition) is 1. The zero-order chi connectivity index (χ0) is 14.9. The van der Waals surface area contributed by atoms with Crippen LogP contribution in [0.2, 0.25) is 0 Å². The average Bonchev–Trinajstić information content (AvgIpc) is 2.37. The summed E-state index contributed by atoms with van der Waals surface area (Å²) in [6.07, 6.45) is 1.57. The van der Waals surface area contributed by atoms with Gasteiger partial charge in [0.25, 0.3) is 5.91 Å². The van der Waals surface area contributed by atoms with Crippen molar-refractivity contribution in [1.29, 1.82) is 0 Å². The lowest BCUT2D eigenvalue weighted by Crippen LogP contribution is -2.48. The first-order chi connectivity index (χ1) is 9.38. The first-order valence-electron chi connectivity index (χ1n) is 6.76. The molecule has 1 aliphatic heterocycles. The van der Waals surface area contributed by atoms with E-state index in [9.17, 15) is 9.59 Å². The summed E-state index contributed by atoms with van der Waals surface area (Å²) in [5.74, 6) is -0.587. The molecule has 2 amide bonds. The van der Waals surface area contributed by atoms with Crippen LogP contribution in [0.1, 0.15) is 35.7 Å². The molecular formula is C15H19BrN2O2. The van der Waals surface area contributed by atoms with E-state index in [1.807, 2.05) is 32.0 Å². The maximum Gasteiger partial charge on any atom is 0.254 e. The fraction of sp³-hybridized carbons (Fsp3) is 0.467. The van der Waals surface area contributed by atoms with Crippen LogP contribution < -0.4 is 5.73 Å². The van der Waals surface area contributed by atoms with Crippen LogP contribution in [0.25, 0.3) is 0 Å². The molecule has 1 fully saturated rings. The SMILES string of the molecule is Cc1cc(Br)cc(C(=O)N2CC(C(N)=O)CCC2C)c1. The summed E-state index contributed by atoms with van der Waals surface area (Å²) in [4.78, 5) is 25.8. The maximum atomic E-state index is 12.6. The highest BCUT2D eigenvalue weighted by Gasteiger charge is 2.32. The van der Waals surface area contributed by atoms with Crippen LogP contribution in [-0.2, 0) is 4.79 Å². The van der Waals surface area contributed by atoms with E-state index in [1.165, 1.54) is 0 Å². The Morgan fingerprint density at radius 1 is 1.30 bits per heavy atom. The number of nitrogens with zero attached hydrogens (tertiary/aromatic N) is 1. The minimum atomic E-state index is -0.319. The Bertz CT molecular complexity index is 524. The van der Waals surface area contributed by atoms with Crippen molar-refractivity contribution in [3.05, 3.63) is 33.8 Å². The van der Waals surface area contributed by atoms with Crippen LogP contribution in [0.3, 0.4) is 0 Å². The number of likely N-dealkylation sites (tertiary alicyclic amines) is 1. The topological polar surface area (TPSA) is 63.4 Å². The van der Waals surface area contributed by atoms with Gasteiger partial charge in [0.15, 0.2) is 0 Å². The van der Waals surface area contributed by atoms with Crippen LogP contribution in [0.5, 0.6) is 0 Å². The lowest BCUT2D eigenvalue weighted by Gasteiger charge is -2.37. The van der Waals surface area contributed by atoms with Crippen LogP contribution in [0, 0.1) is 12.8 Å². The number of carbonyl (C=O) groups excluding carboxylic acids is 2. The number of aryl methyl sites for hydroxylation is 1. The number of primary amides is 1. The third kappa shape index (κ3) is 3.20. The smallest absolute Gasteiger partial charge is 0.254 e. The Morgan fingerprint density at radius 3 is 2.60 bits per heavy atom. The number of nitrogens with two attached hydrogens (primary N) is 1. The van der Waals surface area contributed by atoms with E-state index in [-0.39, 0.29) is 23.8 Å². The largest absolute Gasteiger partial charge is 0.369 e. The molecule has 1 heterocycles. The standard InChI is InChI=1S/C15H19BrN2O2/c1-9-5-12(7-13(16)6-9)15(20)18-8-11(14(17)19)4-3-10(18)2/h5-7,10-11H,3-4,8H2,1-2H3,(H2,17,19). The predicted molar refractivity (Wildman–Crippen MR) is 81.3 cm³/mol. The number of rotatable bonds is 2. The summed E-state index contributed by atoms with van der Waals surface area (Å²) in [5.41, 5.74) is 7.05. The van der Waals surface area contributed by atoms with E-state index >= 15 is 0 Å². The van der Waals surface area contributed by atoms with Gasteiger partial charge in [0.05, 0.1) is 5.92 Å². The first-order valence-corrected chi connectivity index (χ1v) is 7.55. The van der Waals surface area contributed by atoms with Crippen molar-refractivity contribution in [3.63, 3.8) is 0 Å². The number of carbonyl (C=O) groups is 2. The van der Waals surface area contributed by atoms with Gasteiger partial charge in [0, 0.05) is 22.6 Å². The molecule has 0 radical (unpaired) electrons.